The van der Waals surface area contributed by atoms with E-state index in [0.29, 0.717) is 6.07 Å². The smallest absolute Gasteiger partial charge is 0.417 e. The number of aromatic nitrogens is 1. The molecule has 1 aromatic carbocycles. The Hall–Kier alpha value is -3.32. The van der Waals surface area contributed by atoms with Gasteiger partial charge in [-0.05, 0) is 31.5 Å². The fourth-order valence-electron chi connectivity index (χ4n) is 3.71. The van der Waals surface area contributed by atoms with Crippen molar-refractivity contribution in [2.24, 2.45) is 5.73 Å². The second kappa shape index (κ2) is 10.1. The third-order valence-electron chi connectivity index (χ3n) is 5.53. The summed E-state index contributed by atoms with van der Waals surface area (Å²) >= 11 is 0. The number of anilines is 1. The largest absolute Gasteiger partial charge is 0.490 e. The number of ether oxygens (including phenoxy) is 2. The van der Waals surface area contributed by atoms with Crippen LogP contribution in [0.4, 0.5) is 27.6 Å². The van der Waals surface area contributed by atoms with Crippen molar-refractivity contribution < 1.29 is 46.1 Å². The second-order valence-electron chi connectivity index (χ2n) is 8.07. The lowest BCUT2D eigenvalue weighted by Crippen LogP contribution is -2.43. The van der Waals surface area contributed by atoms with Crippen LogP contribution in [0.15, 0.2) is 30.5 Å². The van der Waals surface area contributed by atoms with Gasteiger partial charge in [0.15, 0.2) is 17.2 Å². The number of pyridine rings is 1. The Labute approximate surface area is 196 Å². The van der Waals surface area contributed by atoms with Gasteiger partial charge in [-0.15, -0.1) is 0 Å². The minimum Gasteiger partial charge on any atom is -0.490 e. The van der Waals surface area contributed by atoms with Crippen molar-refractivity contribution in [1.29, 1.82) is 0 Å². The molecule has 8 nitrogen and oxygen atoms in total. The quantitative estimate of drug-likeness (QED) is 0.376. The molecule has 0 spiro atoms. The molecule has 4 N–H and O–H groups in total. The van der Waals surface area contributed by atoms with E-state index in [1.165, 1.54) is 6.07 Å². The number of benzene rings is 1. The fourth-order valence-corrected chi connectivity index (χ4v) is 3.71. The molecule has 1 fully saturated rings. The molecule has 1 saturated heterocycles. The summed E-state index contributed by atoms with van der Waals surface area (Å²) in [5, 5.41) is 11.3. The van der Waals surface area contributed by atoms with Crippen molar-refractivity contribution in [3.05, 3.63) is 53.4 Å². The molecule has 2 aromatic rings. The Morgan fingerprint density at radius 1 is 1.31 bits per heavy atom. The van der Waals surface area contributed by atoms with Crippen LogP contribution in [-0.2, 0) is 9.53 Å². The maximum Gasteiger partial charge on any atom is 0.417 e. The molecule has 0 aliphatic carbocycles. The lowest BCUT2D eigenvalue weighted by molar-refractivity contribution is -0.261. The first-order valence-corrected chi connectivity index (χ1v) is 10.4. The lowest BCUT2D eigenvalue weighted by Gasteiger charge is -2.27. The molecule has 1 aliphatic rings. The molecule has 13 heteroatoms. The highest BCUT2D eigenvalue weighted by Gasteiger charge is 2.61. The van der Waals surface area contributed by atoms with Gasteiger partial charge in [-0.3, -0.25) is 14.6 Å². The highest BCUT2D eigenvalue weighted by Crippen LogP contribution is 2.51. The van der Waals surface area contributed by atoms with E-state index in [1.807, 2.05) is 0 Å². The van der Waals surface area contributed by atoms with Crippen molar-refractivity contribution >= 4 is 17.5 Å². The molecule has 0 unspecified atom stereocenters. The van der Waals surface area contributed by atoms with E-state index in [9.17, 15) is 31.5 Å². The number of nitrogens with zero attached hydrogens (tertiary/aromatic N) is 1. The number of nitrogens with one attached hydrogen (secondary N) is 1. The van der Waals surface area contributed by atoms with Gasteiger partial charge in [0, 0.05) is 36.4 Å². The van der Waals surface area contributed by atoms with Gasteiger partial charge in [-0.1, -0.05) is 6.07 Å². The number of hydrogen-bond donors (Lipinski definition) is 3. The number of hydrogen-bond acceptors (Lipinski definition) is 6. The number of alkyl halides is 3. The monoisotopic (exact) mass is 503 g/mol. The normalized spacial score (nSPS) is 22.1. The lowest BCUT2D eigenvalue weighted by atomic mass is 9.85. The van der Waals surface area contributed by atoms with E-state index >= 15 is 0 Å². The first kappa shape index (κ1) is 26.3. The van der Waals surface area contributed by atoms with Crippen LogP contribution in [0.25, 0.3) is 0 Å². The average molecular weight is 503 g/mol. The molecular formula is C22H22F5N3O5. The van der Waals surface area contributed by atoms with Crippen LogP contribution in [0, 0.1) is 11.6 Å². The maximum atomic E-state index is 14.6. The van der Waals surface area contributed by atoms with Crippen LogP contribution in [0.5, 0.6) is 5.75 Å². The molecule has 0 saturated carbocycles. The zero-order valence-electron chi connectivity index (χ0n) is 18.4. The minimum atomic E-state index is -4.90. The van der Waals surface area contributed by atoms with E-state index in [0.717, 1.165) is 25.3 Å². The van der Waals surface area contributed by atoms with Crippen LogP contribution in [0.2, 0.25) is 0 Å². The molecule has 3 atom stereocenters. The van der Waals surface area contributed by atoms with Crippen molar-refractivity contribution in [2.45, 2.75) is 43.6 Å². The number of carbonyl (C=O) groups excluding carboxylic acids is 2. The predicted octanol–water partition coefficient (Wildman–Crippen LogP) is 3.05. The Kier molecular flexibility index (Phi) is 7.60. The Morgan fingerprint density at radius 2 is 2.03 bits per heavy atom. The van der Waals surface area contributed by atoms with Crippen molar-refractivity contribution in [1.82, 2.24) is 4.98 Å². The molecular weight excluding hydrogens is 481 g/mol. The molecule has 0 radical (unpaired) electrons. The molecule has 2 amide bonds. The summed E-state index contributed by atoms with van der Waals surface area (Å²) < 4.78 is 80.4. The van der Waals surface area contributed by atoms with Gasteiger partial charge >= 0.3 is 6.18 Å². The number of halogens is 5. The van der Waals surface area contributed by atoms with E-state index in [4.69, 9.17) is 20.3 Å². The van der Waals surface area contributed by atoms with Crippen LogP contribution < -0.4 is 15.8 Å². The summed E-state index contributed by atoms with van der Waals surface area (Å²) in [6, 6.07) is 4.14. The van der Waals surface area contributed by atoms with Crippen LogP contribution in [0.3, 0.4) is 0 Å². The molecule has 190 valence electrons. The number of aliphatic hydroxyl groups is 1. The predicted molar refractivity (Wildman–Crippen MR) is 112 cm³/mol. The molecule has 35 heavy (non-hydrogen) atoms. The first-order valence-electron chi connectivity index (χ1n) is 10.4. The van der Waals surface area contributed by atoms with Crippen LogP contribution in [-0.4, -0.2) is 53.0 Å². The maximum absolute atomic E-state index is 14.6. The van der Waals surface area contributed by atoms with E-state index in [1.54, 1.807) is 0 Å². The Bertz CT molecular complexity index is 1110. The van der Waals surface area contributed by atoms with Gasteiger partial charge in [-0.25, -0.2) is 4.39 Å². The van der Waals surface area contributed by atoms with E-state index in [2.05, 4.69) is 10.3 Å². The average Bonchev–Trinajstić information content (AvgIpc) is 3.16. The Morgan fingerprint density at radius 3 is 2.66 bits per heavy atom. The summed E-state index contributed by atoms with van der Waals surface area (Å²) in [7, 11) is 0. The first-order chi connectivity index (χ1) is 16.4. The zero-order valence-corrected chi connectivity index (χ0v) is 18.4. The third kappa shape index (κ3) is 5.51. The van der Waals surface area contributed by atoms with E-state index in [-0.39, 0.29) is 36.6 Å². The molecule has 0 bridgehead atoms. The van der Waals surface area contributed by atoms with Gasteiger partial charge in [0.05, 0.1) is 6.61 Å². The highest BCUT2D eigenvalue weighted by molar-refractivity contribution is 5.97. The van der Waals surface area contributed by atoms with Crippen LogP contribution >= 0.6 is 0 Å². The van der Waals surface area contributed by atoms with Crippen molar-refractivity contribution in [3.8, 4) is 5.75 Å². The number of primary amides is 1. The summed E-state index contributed by atoms with van der Waals surface area (Å²) in [6.45, 7) is 0.171. The van der Waals surface area contributed by atoms with E-state index < -0.39 is 59.4 Å². The summed E-state index contributed by atoms with van der Waals surface area (Å²) in [5.74, 6) is -6.74. The number of aliphatic hydroxyl groups excluding tert-OH is 1. The number of nitrogens with two attached hydrogens (primary N) is 1. The molecule has 2 heterocycles. The fraction of sp³-hybridized carbons (Fsp3) is 0.409. The summed E-state index contributed by atoms with van der Waals surface area (Å²) in [5.41, 5.74) is 1.96. The SMILES string of the molecule is C[C@]1(C(F)(F)F)C[C@@H](c2ccc(F)c(F)c2OCCCO)[C@H](C(=O)Nc2ccnc(C(N)=O)c2)O1. The van der Waals surface area contributed by atoms with Gasteiger partial charge in [0.25, 0.3) is 11.8 Å². The summed E-state index contributed by atoms with van der Waals surface area (Å²) in [6.07, 6.45) is -6.28. The van der Waals surface area contributed by atoms with Crippen molar-refractivity contribution in [2.75, 3.05) is 18.5 Å². The number of rotatable bonds is 8. The third-order valence-corrected chi connectivity index (χ3v) is 5.53. The van der Waals surface area contributed by atoms with Gasteiger partial charge in [-0.2, -0.15) is 17.6 Å². The Balaban J connectivity index is 2.01. The zero-order chi connectivity index (χ0) is 26.0. The molecule has 3 rings (SSSR count). The van der Waals surface area contributed by atoms with Crippen molar-refractivity contribution in [3.63, 3.8) is 0 Å². The second-order valence-corrected chi connectivity index (χ2v) is 8.07. The molecule has 1 aliphatic heterocycles. The van der Waals surface area contributed by atoms with Gasteiger partial charge < -0.3 is 25.6 Å². The topological polar surface area (TPSA) is 124 Å². The molecule has 1 aromatic heterocycles. The number of carbonyl (C=O) groups is 2. The van der Waals surface area contributed by atoms with Gasteiger partial charge in [0.2, 0.25) is 5.82 Å². The standard InChI is InChI=1S/C22H22F5N3O5/c1-21(22(25,26)27)10-13(12-3-4-14(23)16(24)17(12)34-8-2-7-31)18(35-21)20(33)30-11-5-6-29-15(9-11)19(28)32/h3-6,9,13,18,31H,2,7-8,10H2,1H3,(H2,28,32)(H,29,30,33)/t13-,18+,21+/m0/s1. The minimum absolute atomic E-state index is 0.00599. The van der Waals surface area contributed by atoms with Gasteiger partial charge in [0.1, 0.15) is 11.8 Å². The van der Waals surface area contributed by atoms with Crippen LogP contribution in [0.1, 0.15) is 41.7 Å². The highest BCUT2D eigenvalue weighted by atomic mass is 19.4. The number of amides is 2. The summed E-state index contributed by atoms with van der Waals surface area (Å²) in [4.78, 5) is 28.1.